The molecular formula is C11H16N2O3. The summed E-state index contributed by atoms with van der Waals surface area (Å²) in [7, 11) is 1.82. The van der Waals surface area contributed by atoms with Crippen molar-refractivity contribution in [2.75, 3.05) is 31.7 Å². The maximum Gasteiger partial charge on any atom is 0.356 e. The Balaban J connectivity index is 2.74. The zero-order valence-corrected chi connectivity index (χ0v) is 9.51. The van der Waals surface area contributed by atoms with Crippen molar-refractivity contribution in [3.63, 3.8) is 0 Å². The first-order valence-electron chi connectivity index (χ1n) is 5.14. The third-order valence-corrected chi connectivity index (χ3v) is 2.18. The first kappa shape index (κ1) is 12.4. The van der Waals surface area contributed by atoms with Crippen LogP contribution in [0.4, 0.5) is 5.69 Å². The minimum absolute atomic E-state index is 0.0708. The van der Waals surface area contributed by atoms with E-state index < -0.39 is 5.97 Å². The summed E-state index contributed by atoms with van der Waals surface area (Å²) in [6, 6.07) is 3.46. The third kappa shape index (κ3) is 3.20. The van der Waals surface area contributed by atoms with E-state index in [0.717, 1.165) is 0 Å². The summed E-state index contributed by atoms with van der Waals surface area (Å²) in [6.45, 7) is 3.79. The highest BCUT2D eigenvalue weighted by molar-refractivity contribution is 5.92. The van der Waals surface area contributed by atoms with Gasteiger partial charge in [0.25, 0.3) is 0 Å². The topological polar surface area (TPSA) is 62.7 Å². The maximum atomic E-state index is 10.9. The molecule has 5 heteroatoms. The molecule has 0 spiro atoms. The van der Waals surface area contributed by atoms with Gasteiger partial charge >= 0.3 is 5.97 Å². The quantitative estimate of drug-likeness (QED) is 0.737. The number of anilines is 1. The van der Waals surface area contributed by atoms with E-state index in [-0.39, 0.29) is 5.69 Å². The maximum absolute atomic E-state index is 10.9. The summed E-state index contributed by atoms with van der Waals surface area (Å²) in [5, 5.41) is 8.97. The number of carboxylic acid groups (broad SMARTS) is 1. The molecule has 0 saturated carbocycles. The summed E-state index contributed by atoms with van der Waals surface area (Å²) in [5.74, 6) is -1.01. The van der Waals surface area contributed by atoms with Crippen LogP contribution in [-0.4, -0.2) is 42.9 Å². The Morgan fingerprint density at radius 2 is 2.38 bits per heavy atom. The Hall–Kier alpha value is -1.62. The van der Waals surface area contributed by atoms with Crippen molar-refractivity contribution >= 4 is 11.7 Å². The lowest BCUT2D eigenvalue weighted by molar-refractivity contribution is 0.0691. The molecule has 0 bridgehead atoms. The zero-order chi connectivity index (χ0) is 12.0. The minimum atomic E-state index is -1.01. The Kier molecular flexibility index (Phi) is 4.72. The highest BCUT2D eigenvalue weighted by Crippen LogP contribution is 2.16. The third-order valence-electron chi connectivity index (χ3n) is 2.18. The molecule has 1 aromatic rings. The van der Waals surface area contributed by atoms with Crippen molar-refractivity contribution in [3.8, 4) is 0 Å². The van der Waals surface area contributed by atoms with Gasteiger partial charge in [-0.2, -0.15) is 0 Å². The monoisotopic (exact) mass is 224 g/mol. The van der Waals surface area contributed by atoms with Crippen LogP contribution in [0.2, 0.25) is 0 Å². The van der Waals surface area contributed by atoms with Gasteiger partial charge in [-0.25, -0.2) is 9.78 Å². The van der Waals surface area contributed by atoms with Crippen LogP contribution >= 0.6 is 0 Å². The molecule has 0 fully saturated rings. The molecule has 0 aliphatic heterocycles. The number of aromatic carboxylic acids is 1. The summed E-state index contributed by atoms with van der Waals surface area (Å²) < 4.78 is 5.22. The van der Waals surface area contributed by atoms with Crippen molar-refractivity contribution < 1.29 is 14.6 Å². The minimum Gasteiger partial charge on any atom is -0.476 e. The van der Waals surface area contributed by atoms with Gasteiger partial charge in [0.05, 0.1) is 12.3 Å². The highest BCUT2D eigenvalue weighted by atomic mass is 16.5. The molecule has 1 aromatic heterocycles. The molecule has 1 rings (SSSR count). The Bertz CT molecular complexity index is 355. The van der Waals surface area contributed by atoms with Gasteiger partial charge in [-0.05, 0) is 19.1 Å². The van der Waals surface area contributed by atoms with E-state index in [1.807, 2.05) is 18.9 Å². The standard InChI is InChI=1S/C11H16N2O3/c1-3-16-8-7-13(2)9-5-4-6-12-10(9)11(14)15/h4-6H,3,7-8H2,1-2H3,(H,14,15). The second kappa shape index (κ2) is 6.07. The fourth-order valence-electron chi connectivity index (χ4n) is 1.34. The van der Waals surface area contributed by atoms with Gasteiger partial charge in [0.15, 0.2) is 5.69 Å². The van der Waals surface area contributed by atoms with Crippen LogP contribution < -0.4 is 4.90 Å². The molecule has 0 amide bonds. The van der Waals surface area contributed by atoms with E-state index in [9.17, 15) is 4.79 Å². The van der Waals surface area contributed by atoms with E-state index in [0.29, 0.717) is 25.4 Å². The van der Waals surface area contributed by atoms with Crippen molar-refractivity contribution in [1.29, 1.82) is 0 Å². The number of ether oxygens (including phenoxy) is 1. The predicted octanol–water partition coefficient (Wildman–Crippen LogP) is 1.25. The molecule has 5 nitrogen and oxygen atoms in total. The van der Waals surface area contributed by atoms with Gasteiger partial charge in [-0.1, -0.05) is 0 Å². The number of carbonyl (C=O) groups is 1. The van der Waals surface area contributed by atoms with E-state index >= 15 is 0 Å². The van der Waals surface area contributed by atoms with Crippen LogP contribution in [-0.2, 0) is 4.74 Å². The Labute approximate surface area is 94.7 Å². The van der Waals surface area contributed by atoms with Crippen molar-refractivity contribution in [2.45, 2.75) is 6.92 Å². The number of carboxylic acids is 1. The number of likely N-dealkylation sites (N-methyl/N-ethyl adjacent to an activating group) is 1. The van der Waals surface area contributed by atoms with E-state index in [2.05, 4.69) is 4.98 Å². The smallest absolute Gasteiger partial charge is 0.356 e. The van der Waals surface area contributed by atoms with E-state index in [1.54, 1.807) is 12.1 Å². The van der Waals surface area contributed by atoms with Crippen LogP contribution in [0.25, 0.3) is 0 Å². The highest BCUT2D eigenvalue weighted by Gasteiger charge is 2.13. The van der Waals surface area contributed by atoms with Gasteiger partial charge in [0.1, 0.15) is 0 Å². The molecule has 0 atom stereocenters. The molecule has 1 heterocycles. The van der Waals surface area contributed by atoms with Gasteiger partial charge in [-0.3, -0.25) is 0 Å². The summed E-state index contributed by atoms with van der Waals surface area (Å²) >= 11 is 0. The number of pyridine rings is 1. The average Bonchev–Trinajstić information content (AvgIpc) is 2.29. The molecule has 0 aliphatic carbocycles. The van der Waals surface area contributed by atoms with E-state index in [1.165, 1.54) is 6.20 Å². The summed E-state index contributed by atoms with van der Waals surface area (Å²) in [6.07, 6.45) is 1.48. The largest absolute Gasteiger partial charge is 0.476 e. The van der Waals surface area contributed by atoms with E-state index in [4.69, 9.17) is 9.84 Å². The second-order valence-corrected chi connectivity index (χ2v) is 3.29. The molecule has 0 unspecified atom stereocenters. The molecule has 0 saturated heterocycles. The molecular weight excluding hydrogens is 208 g/mol. The summed E-state index contributed by atoms with van der Waals surface area (Å²) in [4.78, 5) is 16.6. The molecule has 0 aliphatic rings. The SMILES string of the molecule is CCOCCN(C)c1cccnc1C(=O)O. The molecule has 0 radical (unpaired) electrons. The zero-order valence-electron chi connectivity index (χ0n) is 9.51. The molecule has 1 N–H and O–H groups in total. The lowest BCUT2D eigenvalue weighted by Crippen LogP contribution is -2.25. The number of rotatable bonds is 6. The number of hydrogen-bond donors (Lipinski definition) is 1. The summed E-state index contributed by atoms with van der Waals surface area (Å²) in [5.41, 5.74) is 0.677. The number of hydrogen-bond acceptors (Lipinski definition) is 4. The fourth-order valence-corrected chi connectivity index (χ4v) is 1.34. The number of aromatic nitrogens is 1. The van der Waals surface area contributed by atoms with Crippen molar-refractivity contribution in [3.05, 3.63) is 24.0 Å². The Morgan fingerprint density at radius 3 is 3.00 bits per heavy atom. The first-order chi connectivity index (χ1) is 7.66. The lowest BCUT2D eigenvalue weighted by atomic mass is 10.2. The Morgan fingerprint density at radius 1 is 1.62 bits per heavy atom. The van der Waals surface area contributed by atoms with Gasteiger partial charge in [-0.15, -0.1) is 0 Å². The van der Waals surface area contributed by atoms with Gasteiger partial charge in [0.2, 0.25) is 0 Å². The van der Waals surface area contributed by atoms with Gasteiger partial charge in [0, 0.05) is 26.4 Å². The van der Waals surface area contributed by atoms with Crippen LogP contribution in [0.15, 0.2) is 18.3 Å². The molecule has 88 valence electrons. The van der Waals surface area contributed by atoms with Crippen LogP contribution in [0.1, 0.15) is 17.4 Å². The van der Waals surface area contributed by atoms with Crippen molar-refractivity contribution in [2.24, 2.45) is 0 Å². The van der Waals surface area contributed by atoms with Crippen LogP contribution in [0.5, 0.6) is 0 Å². The predicted molar refractivity (Wildman–Crippen MR) is 61.0 cm³/mol. The van der Waals surface area contributed by atoms with Crippen molar-refractivity contribution in [1.82, 2.24) is 4.98 Å². The van der Waals surface area contributed by atoms with Crippen LogP contribution in [0.3, 0.4) is 0 Å². The fraction of sp³-hybridized carbons (Fsp3) is 0.455. The normalized spacial score (nSPS) is 10.1. The molecule has 0 aromatic carbocycles. The van der Waals surface area contributed by atoms with Crippen LogP contribution in [0, 0.1) is 0 Å². The average molecular weight is 224 g/mol. The molecule has 16 heavy (non-hydrogen) atoms. The number of nitrogens with zero attached hydrogens (tertiary/aromatic N) is 2. The second-order valence-electron chi connectivity index (χ2n) is 3.29. The van der Waals surface area contributed by atoms with Gasteiger partial charge < -0.3 is 14.7 Å². The first-order valence-corrected chi connectivity index (χ1v) is 5.14. The lowest BCUT2D eigenvalue weighted by Gasteiger charge is -2.20.